The van der Waals surface area contributed by atoms with Gasteiger partial charge in [-0.2, -0.15) is 0 Å². The van der Waals surface area contributed by atoms with Gasteiger partial charge in [0.15, 0.2) is 0 Å². The lowest BCUT2D eigenvalue weighted by Gasteiger charge is -2.04. The molecule has 0 atom stereocenters. The predicted molar refractivity (Wildman–Crippen MR) is 87.4 cm³/mol. The normalized spacial score (nSPS) is 10.8. The molecule has 0 saturated carbocycles. The maximum absolute atomic E-state index is 11.1. The topological polar surface area (TPSA) is 96.5 Å². The minimum atomic E-state index is -0.571. The summed E-state index contributed by atoms with van der Waals surface area (Å²) in [5.41, 5.74) is 1.45. The molecule has 8 nitrogen and oxygen atoms in total. The Morgan fingerprint density at radius 1 is 1.33 bits per heavy atom. The standard InChI is InChI=1S/C16H17N3O5/c1-12(20)24-10-9-18-14(11-17-16(18)19(21)22)6-3-13-4-7-15(23-2)8-5-13/h3-8,11H,9-10H2,1-2H3/b6-3+. The molecule has 0 aliphatic rings. The second-order valence-corrected chi connectivity index (χ2v) is 4.84. The fourth-order valence-electron chi connectivity index (χ4n) is 2.06. The van der Waals surface area contributed by atoms with Gasteiger partial charge < -0.3 is 19.6 Å². The van der Waals surface area contributed by atoms with Crippen molar-refractivity contribution in [1.82, 2.24) is 9.55 Å². The van der Waals surface area contributed by atoms with Crippen LogP contribution in [0.3, 0.4) is 0 Å². The summed E-state index contributed by atoms with van der Waals surface area (Å²) < 4.78 is 11.3. The second kappa shape index (κ2) is 7.91. The van der Waals surface area contributed by atoms with E-state index >= 15 is 0 Å². The number of ether oxygens (including phenoxy) is 2. The van der Waals surface area contributed by atoms with Crippen LogP contribution in [0.4, 0.5) is 5.95 Å². The molecular formula is C16H17N3O5. The lowest BCUT2D eigenvalue weighted by atomic mass is 10.2. The first kappa shape index (κ1) is 17.2. The Kier molecular flexibility index (Phi) is 5.67. The number of aromatic nitrogens is 2. The van der Waals surface area contributed by atoms with Gasteiger partial charge in [0.2, 0.25) is 0 Å². The van der Waals surface area contributed by atoms with Crippen LogP contribution < -0.4 is 4.74 Å². The summed E-state index contributed by atoms with van der Waals surface area (Å²) >= 11 is 0. The van der Waals surface area contributed by atoms with Crippen molar-refractivity contribution in [3.63, 3.8) is 0 Å². The van der Waals surface area contributed by atoms with E-state index in [1.165, 1.54) is 17.7 Å². The Labute approximate surface area is 138 Å². The average molecular weight is 331 g/mol. The summed E-state index contributed by atoms with van der Waals surface area (Å²) in [6.45, 7) is 1.47. The molecule has 24 heavy (non-hydrogen) atoms. The van der Waals surface area contributed by atoms with Gasteiger partial charge in [-0.3, -0.25) is 4.79 Å². The monoisotopic (exact) mass is 331 g/mol. The molecule has 0 amide bonds. The van der Waals surface area contributed by atoms with Gasteiger partial charge in [0.05, 0.1) is 7.11 Å². The van der Waals surface area contributed by atoms with E-state index in [9.17, 15) is 14.9 Å². The number of benzene rings is 1. The number of esters is 1. The minimum absolute atomic E-state index is 0.0376. The van der Waals surface area contributed by atoms with Crippen LogP contribution in [-0.4, -0.2) is 34.2 Å². The molecule has 0 saturated heterocycles. The molecule has 0 unspecified atom stereocenters. The number of hydrogen-bond acceptors (Lipinski definition) is 6. The molecule has 1 aromatic heterocycles. The fraction of sp³-hybridized carbons (Fsp3) is 0.250. The van der Waals surface area contributed by atoms with E-state index in [1.807, 2.05) is 30.3 Å². The van der Waals surface area contributed by atoms with Crippen LogP contribution in [0.5, 0.6) is 5.75 Å². The summed E-state index contributed by atoms with van der Waals surface area (Å²) in [5.74, 6) is 0.0128. The molecule has 0 radical (unpaired) electrons. The van der Waals surface area contributed by atoms with Crippen molar-refractivity contribution in [2.75, 3.05) is 13.7 Å². The van der Waals surface area contributed by atoms with E-state index in [2.05, 4.69) is 4.98 Å². The third-order valence-corrected chi connectivity index (χ3v) is 3.21. The number of carbonyl (C=O) groups is 1. The molecule has 0 bridgehead atoms. The third kappa shape index (κ3) is 4.42. The Hall–Kier alpha value is -3.16. The number of carbonyl (C=O) groups excluding carboxylic acids is 1. The number of rotatable bonds is 7. The SMILES string of the molecule is COc1ccc(/C=C/c2cnc([N+](=O)[O-])n2CCOC(C)=O)cc1. The van der Waals surface area contributed by atoms with Gasteiger partial charge in [-0.15, -0.1) is 0 Å². The van der Waals surface area contributed by atoms with E-state index in [0.717, 1.165) is 11.3 Å². The molecule has 0 aliphatic carbocycles. The van der Waals surface area contributed by atoms with Gasteiger partial charge in [-0.1, -0.05) is 23.2 Å². The smallest absolute Gasteiger partial charge is 0.435 e. The van der Waals surface area contributed by atoms with Crippen LogP contribution in [0.15, 0.2) is 30.5 Å². The Morgan fingerprint density at radius 3 is 2.62 bits per heavy atom. The average Bonchev–Trinajstić information content (AvgIpc) is 2.96. The summed E-state index contributed by atoms with van der Waals surface area (Å²) in [7, 11) is 1.59. The molecule has 126 valence electrons. The van der Waals surface area contributed by atoms with Gasteiger partial charge in [0, 0.05) is 6.92 Å². The molecule has 2 aromatic rings. The lowest BCUT2D eigenvalue weighted by Crippen LogP contribution is -2.12. The highest BCUT2D eigenvalue weighted by Crippen LogP contribution is 2.17. The minimum Gasteiger partial charge on any atom is -0.497 e. The molecular weight excluding hydrogens is 314 g/mol. The van der Waals surface area contributed by atoms with E-state index in [1.54, 1.807) is 13.2 Å². The van der Waals surface area contributed by atoms with Crippen molar-refractivity contribution in [2.45, 2.75) is 13.5 Å². The Bertz CT molecular complexity index is 750. The number of methoxy groups -OCH3 is 1. The van der Waals surface area contributed by atoms with Gasteiger partial charge in [-0.25, -0.2) is 4.57 Å². The summed E-state index contributed by atoms with van der Waals surface area (Å²) in [4.78, 5) is 25.1. The van der Waals surface area contributed by atoms with Crippen molar-refractivity contribution in [3.8, 4) is 5.75 Å². The van der Waals surface area contributed by atoms with E-state index in [-0.39, 0.29) is 19.1 Å². The first-order valence-electron chi connectivity index (χ1n) is 7.16. The maximum Gasteiger partial charge on any atom is 0.435 e. The van der Waals surface area contributed by atoms with Gasteiger partial charge in [0.25, 0.3) is 0 Å². The highest BCUT2D eigenvalue weighted by Gasteiger charge is 2.19. The molecule has 0 N–H and O–H groups in total. The summed E-state index contributed by atoms with van der Waals surface area (Å²) in [6, 6.07) is 7.37. The largest absolute Gasteiger partial charge is 0.497 e. The Morgan fingerprint density at radius 2 is 2.04 bits per heavy atom. The van der Waals surface area contributed by atoms with Crippen LogP contribution in [0.25, 0.3) is 12.2 Å². The number of nitrogens with zero attached hydrogens (tertiary/aromatic N) is 3. The first-order valence-corrected chi connectivity index (χ1v) is 7.16. The zero-order chi connectivity index (χ0) is 17.5. The first-order chi connectivity index (χ1) is 11.5. The zero-order valence-electron chi connectivity index (χ0n) is 13.3. The molecule has 8 heteroatoms. The molecule has 1 aromatic carbocycles. The second-order valence-electron chi connectivity index (χ2n) is 4.84. The predicted octanol–water partition coefficient (Wildman–Crippen LogP) is 2.53. The highest BCUT2D eigenvalue weighted by atomic mass is 16.6. The quantitative estimate of drug-likeness (QED) is 0.439. The molecule has 1 heterocycles. The van der Waals surface area contributed by atoms with Gasteiger partial charge in [0.1, 0.15) is 30.8 Å². The van der Waals surface area contributed by atoms with Crippen LogP contribution in [0, 0.1) is 10.1 Å². The molecule has 0 fully saturated rings. The summed E-state index contributed by atoms with van der Waals surface area (Å²) in [5, 5.41) is 11.1. The number of imidazole rings is 1. The van der Waals surface area contributed by atoms with Crippen molar-refractivity contribution in [1.29, 1.82) is 0 Å². The van der Waals surface area contributed by atoms with Crippen LogP contribution in [0.2, 0.25) is 0 Å². The molecule has 2 rings (SSSR count). The molecule has 0 aliphatic heterocycles. The van der Waals surface area contributed by atoms with Crippen molar-refractivity contribution in [3.05, 3.63) is 51.8 Å². The molecule has 0 spiro atoms. The van der Waals surface area contributed by atoms with Crippen LogP contribution in [0.1, 0.15) is 18.2 Å². The summed E-state index contributed by atoms with van der Waals surface area (Å²) in [6.07, 6.45) is 4.93. The van der Waals surface area contributed by atoms with Gasteiger partial charge in [-0.05, 0) is 28.7 Å². The highest BCUT2D eigenvalue weighted by molar-refractivity contribution is 5.68. The fourth-order valence-corrected chi connectivity index (χ4v) is 2.06. The zero-order valence-corrected chi connectivity index (χ0v) is 13.3. The van der Waals surface area contributed by atoms with E-state index < -0.39 is 10.9 Å². The van der Waals surface area contributed by atoms with E-state index in [4.69, 9.17) is 9.47 Å². The van der Waals surface area contributed by atoms with Crippen molar-refractivity contribution in [2.24, 2.45) is 0 Å². The lowest BCUT2D eigenvalue weighted by molar-refractivity contribution is -0.396. The van der Waals surface area contributed by atoms with E-state index in [0.29, 0.717) is 5.69 Å². The number of nitro groups is 1. The maximum atomic E-state index is 11.1. The third-order valence-electron chi connectivity index (χ3n) is 3.21. The van der Waals surface area contributed by atoms with Crippen molar-refractivity contribution < 1.29 is 19.2 Å². The van der Waals surface area contributed by atoms with Crippen LogP contribution in [-0.2, 0) is 16.1 Å². The van der Waals surface area contributed by atoms with Crippen molar-refractivity contribution >= 4 is 24.1 Å². The van der Waals surface area contributed by atoms with Gasteiger partial charge >= 0.3 is 11.9 Å². The Balaban J connectivity index is 2.19. The number of hydrogen-bond donors (Lipinski definition) is 0. The van der Waals surface area contributed by atoms with Crippen LogP contribution >= 0.6 is 0 Å².